The Kier molecular flexibility index (Phi) is 5.76. The molecule has 2 N–H and O–H groups in total. The maximum atomic E-state index is 12.9. The second-order valence-corrected chi connectivity index (χ2v) is 8.85. The summed E-state index contributed by atoms with van der Waals surface area (Å²) in [7, 11) is -2.14. The first-order valence-corrected chi connectivity index (χ1v) is 11.4. The number of aromatic nitrogens is 4. The Balaban J connectivity index is 1.70. The predicted molar refractivity (Wildman–Crippen MR) is 120 cm³/mol. The molecule has 0 aliphatic carbocycles. The van der Waals surface area contributed by atoms with Crippen molar-refractivity contribution in [3.63, 3.8) is 0 Å². The number of aromatic amines is 1. The summed E-state index contributed by atoms with van der Waals surface area (Å²) in [4.78, 5) is 20.2. The van der Waals surface area contributed by atoms with Crippen LogP contribution in [0.2, 0.25) is 0 Å². The fraction of sp³-hybridized carbons (Fsp3) is 0.238. The van der Waals surface area contributed by atoms with E-state index in [1.165, 1.54) is 11.4 Å². The van der Waals surface area contributed by atoms with Crippen molar-refractivity contribution in [1.82, 2.24) is 24.5 Å². The van der Waals surface area contributed by atoms with Crippen LogP contribution in [0.1, 0.15) is 24.2 Å². The maximum absolute atomic E-state index is 12.9. The highest BCUT2D eigenvalue weighted by atomic mass is 32.2. The van der Waals surface area contributed by atoms with Gasteiger partial charge < -0.3 is 9.72 Å². The van der Waals surface area contributed by atoms with Crippen LogP contribution in [-0.4, -0.2) is 59.0 Å². The minimum Gasteiger partial charge on any atom is -0.496 e. The van der Waals surface area contributed by atoms with Crippen LogP contribution in [0, 0.1) is 0 Å². The number of methoxy groups -OCH3 is 1. The number of hydrogen-bond donors (Lipinski definition) is 2. The third-order valence-electron chi connectivity index (χ3n) is 5.11. The molecule has 4 rings (SSSR count). The molecule has 166 valence electrons. The number of anilines is 1. The van der Waals surface area contributed by atoms with Gasteiger partial charge in [0, 0.05) is 24.0 Å². The molecule has 0 radical (unpaired) electrons. The Morgan fingerprint density at radius 1 is 1.12 bits per heavy atom. The number of benzene rings is 2. The van der Waals surface area contributed by atoms with Crippen LogP contribution in [0.5, 0.6) is 5.75 Å². The molecule has 0 spiro atoms. The second kappa shape index (κ2) is 8.52. The molecule has 2 aromatic heterocycles. The van der Waals surface area contributed by atoms with Gasteiger partial charge in [0.2, 0.25) is 10.0 Å². The smallest absolute Gasteiger partial charge is 0.261 e. The molecule has 11 heteroatoms. The number of nitrogens with one attached hydrogen (secondary N) is 2. The van der Waals surface area contributed by atoms with E-state index in [9.17, 15) is 13.2 Å². The minimum atomic E-state index is -3.62. The van der Waals surface area contributed by atoms with Gasteiger partial charge in [-0.25, -0.2) is 8.42 Å². The van der Waals surface area contributed by atoms with Gasteiger partial charge in [0.05, 0.1) is 17.6 Å². The summed E-state index contributed by atoms with van der Waals surface area (Å²) in [5.74, 6) is -0.00477. The maximum Gasteiger partial charge on any atom is 0.261 e. The summed E-state index contributed by atoms with van der Waals surface area (Å²) in [5, 5.41) is 11.4. The van der Waals surface area contributed by atoms with E-state index in [2.05, 4.69) is 25.5 Å². The highest BCUT2D eigenvalue weighted by Gasteiger charge is 2.23. The number of fused-ring (bicyclic) bond motifs is 3. The van der Waals surface area contributed by atoms with E-state index in [0.29, 0.717) is 46.5 Å². The molecule has 2 aromatic carbocycles. The fourth-order valence-corrected chi connectivity index (χ4v) is 4.96. The summed E-state index contributed by atoms with van der Waals surface area (Å²) in [6.07, 6.45) is 0. The van der Waals surface area contributed by atoms with Gasteiger partial charge in [-0.05, 0) is 30.3 Å². The van der Waals surface area contributed by atoms with Gasteiger partial charge in [-0.15, -0.1) is 10.2 Å². The molecule has 0 aliphatic rings. The molecule has 0 unspecified atom stereocenters. The minimum absolute atomic E-state index is 0.0101. The second-order valence-electron chi connectivity index (χ2n) is 6.91. The highest BCUT2D eigenvalue weighted by molar-refractivity contribution is 7.89. The molecule has 2 heterocycles. The molecule has 0 bridgehead atoms. The van der Waals surface area contributed by atoms with E-state index in [1.807, 2.05) is 0 Å². The number of H-pyrrole nitrogens is 1. The summed E-state index contributed by atoms with van der Waals surface area (Å²) in [5.41, 5.74) is 1.78. The first-order chi connectivity index (χ1) is 15.4. The first-order valence-electron chi connectivity index (χ1n) is 9.99. The zero-order valence-electron chi connectivity index (χ0n) is 17.8. The highest BCUT2D eigenvalue weighted by Crippen LogP contribution is 2.27. The fourth-order valence-electron chi connectivity index (χ4n) is 3.48. The van der Waals surface area contributed by atoms with Crippen LogP contribution in [0.25, 0.3) is 22.1 Å². The molecule has 0 saturated heterocycles. The average Bonchev–Trinajstić information content (AvgIpc) is 3.16. The van der Waals surface area contributed by atoms with Crippen LogP contribution < -0.4 is 10.1 Å². The van der Waals surface area contributed by atoms with Crippen molar-refractivity contribution < 1.29 is 17.9 Å². The van der Waals surface area contributed by atoms with Crippen molar-refractivity contribution >= 4 is 43.9 Å². The van der Waals surface area contributed by atoms with Gasteiger partial charge in [0.1, 0.15) is 11.3 Å². The first kappa shape index (κ1) is 21.7. The van der Waals surface area contributed by atoms with Crippen LogP contribution in [0.3, 0.4) is 0 Å². The van der Waals surface area contributed by atoms with E-state index in [4.69, 9.17) is 4.74 Å². The van der Waals surface area contributed by atoms with Crippen LogP contribution in [0.4, 0.5) is 5.95 Å². The van der Waals surface area contributed by atoms with Gasteiger partial charge in [-0.2, -0.15) is 9.29 Å². The normalized spacial score (nSPS) is 11.9. The Morgan fingerprint density at radius 2 is 1.88 bits per heavy atom. The predicted octanol–water partition coefficient (Wildman–Crippen LogP) is 2.80. The molecule has 32 heavy (non-hydrogen) atoms. The number of hydrogen-bond acceptors (Lipinski definition) is 7. The van der Waals surface area contributed by atoms with E-state index in [1.54, 1.807) is 56.3 Å². The number of rotatable bonds is 7. The number of para-hydroxylation sites is 1. The number of ether oxygens (including phenoxy) is 1. The molecular weight excluding hydrogens is 432 g/mol. The van der Waals surface area contributed by atoms with Gasteiger partial charge in [0.15, 0.2) is 5.65 Å². The Morgan fingerprint density at radius 3 is 2.59 bits per heavy atom. The van der Waals surface area contributed by atoms with Crippen molar-refractivity contribution in [2.45, 2.75) is 18.7 Å². The molecular formula is C21H22N6O4S. The quantitative estimate of drug-likeness (QED) is 0.439. The molecule has 10 nitrogen and oxygen atoms in total. The van der Waals surface area contributed by atoms with Gasteiger partial charge in [-0.3, -0.25) is 10.1 Å². The lowest BCUT2D eigenvalue weighted by molar-refractivity contribution is 0.102. The number of sulfonamides is 1. The summed E-state index contributed by atoms with van der Waals surface area (Å²) in [6.45, 7) is 4.34. The van der Waals surface area contributed by atoms with E-state index in [-0.39, 0.29) is 10.8 Å². The number of nitrogens with zero attached hydrogens (tertiary/aromatic N) is 4. The molecule has 0 saturated carbocycles. The summed E-state index contributed by atoms with van der Waals surface area (Å²) >= 11 is 0. The molecule has 1 amide bonds. The van der Waals surface area contributed by atoms with Crippen molar-refractivity contribution in [2.75, 3.05) is 25.5 Å². The Bertz CT molecular complexity index is 1410. The average molecular weight is 455 g/mol. The van der Waals surface area contributed by atoms with Crippen molar-refractivity contribution in [3.05, 3.63) is 48.0 Å². The standard InChI is InChI=1S/C21H22N6O4S/c1-4-27(5-2)32(29,30)13-10-11-16-15(12-13)18-19(22-16)23-21(26-25-18)24-20(28)14-8-6-7-9-17(14)31-3/h6-12H,4-5H2,1-3H3,(H2,22,23,24,26,28). The molecule has 0 aliphatic heterocycles. The van der Waals surface area contributed by atoms with Crippen LogP contribution in [-0.2, 0) is 10.0 Å². The van der Waals surface area contributed by atoms with Crippen molar-refractivity contribution in [1.29, 1.82) is 0 Å². The summed E-state index contributed by atoms with van der Waals surface area (Å²) < 4.78 is 32.3. The lowest BCUT2D eigenvalue weighted by atomic mass is 10.2. The number of carbonyl (C=O) groups excluding carboxylic acids is 1. The van der Waals surface area contributed by atoms with Crippen molar-refractivity contribution in [2.24, 2.45) is 0 Å². The van der Waals surface area contributed by atoms with E-state index in [0.717, 1.165) is 0 Å². The third kappa shape index (κ3) is 3.76. The SMILES string of the molecule is CCN(CC)S(=O)(=O)c1ccc2[nH]c3nc(NC(=O)c4ccccc4OC)nnc3c2c1. The summed E-state index contributed by atoms with van der Waals surface area (Å²) in [6, 6.07) is 11.6. The topological polar surface area (TPSA) is 130 Å². The molecule has 0 atom stereocenters. The van der Waals surface area contributed by atoms with Crippen molar-refractivity contribution in [3.8, 4) is 5.75 Å². The molecule has 0 fully saturated rings. The Labute approximate surface area is 184 Å². The lowest BCUT2D eigenvalue weighted by Gasteiger charge is -2.18. The van der Waals surface area contributed by atoms with Gasteiger partial charge in [0.25, 0.3) is 11.9 Å². The number of carbonyl (C=O) groups is 1. The van der Waals surface area contributed by atoms with Gasteiger partial charge in [-0.1, -0.05) is 26.0 Å². The van der Waals surface area contributed by atoms with Crippen LogP contribution >= 0.6 is 0 Å². The monoisotopic (exact) mass is 454 g/mol. The largest absolute Gasteiger partial charge is 0.496 e. The lowest BCUT2D eigenvalue weighted by Crippen LogP contribution is -2.30. The van der Waals surface area contributed by atoms with Crippen LogP contribution in [0.15, 0.2) is 47.4 Å². The zero-order chi connectivity index (χ0) is 22.9. The molecule has 4 aromatic rings. The van der Waals surface area contributed by atoms with Gasteiger partial charge >= 0.3 is 0 Å². The Hall–Kier alpha value is -3.57. The zero-order valence-corrected chi connectivity index (χ0v) is 18.6. The van der Waals surface area contributed by atoms with E-state index >= 15 is 0 Å². The third-order valence-corrected chi connectivity index (χ3v) is 7.15. The number of amides is 1. The van der Waals surface area contributed by atoms with E-state index < -0.39 is 15.9 Å².